The third-order valence-electron chi connectivity index (χ3n) is 3.55. The molecular formula is C15H24ClNO2S. The molecule has 1 N–H and O–H groups in total. The molecule has 1 rings (SSSR count). The van der Waals surface area contributed by atoms with Gasteiger partial charge in [0, 0.05) is 17.3 Å². The maximum atomic E-state index is 11.8. The number of benzene rings is 1. The Balaban J connectivity index is 2.94. The van der Waals surface area contributed by atoms with E-state index in [4.69, 9.17) is 11.6 Å². The van der Waals surface area contributed by atoms with Crippen molar-refractivity contribution in [3.05, 3.63) is 34.3 Å². The molecule has 0 heterocycles. The molecule has 0 aliphatic rings. The van der Waals surface area contributed by atoms with Crippen molar-refractivity contribution >= 4 is 21.4 Å². The fraction of sp³-hybridized carbons (Fsp3) is 0.600. The second-order valence-electron chi connectivity index (χ2n) is 5.39. The first-order valence-corrected chi connectivity index (χ1v) is 9.26. The largest absolute Gasteiger partial charge is 0.312 e. The van der Waals surface area contributed by atoms with Crippen LogP contribution in [0.3, 0.4) is 0 Å². The summed E-state index contributed by atoms with van der Waals surface area (Å²) in [5.74, 6) is 0. The highest BCUT2D eigenvalue weighted by atomic mass is 35.5. The highest BCUT2D eigenvalue weighted by Crippen LogP contribution is 2.21. The van der Waals surface area contributed by atoms with Gasteiger partial charge in [0.05, 0.1) is 5.25 Å². The van der Waals surface area contributed by atoms with Crippen molar-refractivity contribution in [1.29, 1.82) is 0 Å². The van der Waals surface area contributed by atoms with Crippen molar-refractivity contribution in [2.75, 3.05) is 12.8 Å². The van der Waals surface area contributed by atoms with Crippen LogP contribution in [0.1, 0.15) is 31.4 Å². The second-order valence-corrected chi connectivity index (χ2v) is 8.20. The quantitative estimate of drug-likeness (QED) is 0.841. The molecule has 0 saturated carbocycles. The van der Waals surface area contributed by atoms with E-state index in [9.17, 15) is 8.42 Å². The minimum absolute atomic E-state index is 0.120. The lowest BCUT2D eigenvalue weighted by Gasteiger charge is -2.24. The van der Waals surface area contributed by atoms with Crippen molar-refractivity contribution in [3.63, 3.8) is 0 Å². The van der Waals surface area contributed by atoms with Gasteiger partial charge in [-0.25, -0.2) is 8.42 Å². The van der Waals surface area contributed by atoms with Crippen molar-refractivity contribution in [2.45, 2.75) is 44.9 Å². The highest BCUT2D eigenvalue weighted by molar-refractivity contribution is 7.91. The zero-order valence-corrected chi connectivity index (χ0v) is 14.2. The Morgan fingerprint density at radius 3 is 2.50 bits per heavy atom. The number of rotatable bonds is 7. The molecule has 2 unspecified atom stereocenters. The first kappa shape index (κ1) is 17.5. The summed E-state index contributed by atoms with van der Waals surface area (Å²) in [5.41, 5.74) is 2.09. The van der Waals surface area contributed by atoms with Crippen LogP contribution in [0.25, 0.3) is 0 Å². The maximum absolute atomic E-state index is 11.8. The first-order valence-electron chi connectivity index (χ1n) is 6.93. The van der Waals surface area contributed by atoms with Crippen LogP contribution < -0.4 is 5.32 Å². The van der Waals surface area contributed by atoms with E-state index >= 15 is 0 Å². The van der Waals surface area contributed by atoms with Crippen LogP contribution >= 0.6 is 11.6 Å². The van der Waals surface area contributed by atoms with E-state index in [0.29, 0.717) is 11.4 Å². The van der Waals surface area contributed by atoms with Gasteiger partial charge in [-0.3, -0.25) is 0 Å². The van der Waals surface area contributed by atoms with Crippen molar-refractivity contribution in [3.8, 4) is 0 Å². The Hall–Kier alpha value is -0.580. The summed E-state index contributed by atoms with van der Waals surface area (Å²) < 4.78 is 23.6. The van der Waals surface area contributed by atoms with E-state index in [-0.39, 0.29) is 6.04 Å². The third kappa shape index (κ3) is 5.08. The Labute approximate surface area is 127 Å². The predicted molar refractivity (Wildman–Crippen MR) is 86.3 cm³/mol. The van der Waals surface area contributed by atoms with E-state index < -0.39 is 15.1 Å². The SMILES string of the molecule is CCCNC(Cc1ccc(C)cc1Cl)C(C)S(C)(=O)=O. The number of sulfone groups is 1. The van der Waals surface area contributed by atoms with E-state index in [0.717, 1.165) is 24.1 Å². The van der Waals surface area contributed by atoms with Gasteiger partial charge in [-0.15, -0.1) is 0 Å². The molecule has 2 atom stereocenters. The number of aryl methyl sites for hydroxylation is 1. The Morgan fingerprint density at radius 1 is 1.35 bits per heavy atom. The van der Waals surface area contributed by atoms with E-state index in [1.165, 1.54) is 6.26 Å². The van der Waals surface area contributed by atoms with Gasteiger partial charge in [0.1, 0.15) is 0 Å². The van der Waals surface area contributed by atoms with Crippen molar-refractivity contribution < 1.29 is 8.42 Å². The normalized spacial score (nSPS) is 15.1. The molecular weight excluding hydrogens is 294 g/mol. The summed E-state index contributed by atoms with van der Waals surface area (Å²) in [5, 5.41) is 3.59. The number of nitrogens with one attached hydrogen (secondary N) is 1. The minimum Gasteiger partial charge on any atom is -0.312 e. The average Bonchev–Trinajstić information content (AvgIpc) is 2.35. The molecule has 0 spiro atoms. The third-order valence-corrected chi connectivity index (χ3v) is 5.58. The van der Waals surface area contributed by atoms with Crippen molar-refractivity contribution in [2.24, 2.45) is 0 Å². The molecule has 0 aromatic heterocycles. The van der Waals surface area contributed by atoms with Crippen LogP contribution in [-0.2, 0) is 16.3 Å². The van der Waals surface area contributed by atoms with Gasteiger partial charge >= 0.3 is 0 Å². The van der Waals surface area contributed by atoms with Crippen LogP contribution in [0.15, 0.2) is 18.2 Å². The van der Waals surface area contributed by atoms with Crippen LogP contribution in [0.5, 0.6) is 0 Å². The standard InChI is InChI=1S/C15H24ClNO2S/c1-5-8-17-15(12(3)20(4,18)19)10-13-7-6-11(2)9-14(13)16/h6-7,9,12,15,17H,5,8,10H2,1-4H3. The van der Waals surface area contributed by atoms with Gasteiger partial charge in [-0.05, 0) is 50.4 Å². The molecule has 3 nitrogen and oxygen atoms in total. The molecule has 1 aromatic carbocycles. The van der Waals surface area contributed by atoms with Gasteiger partial charge in [0.2, 0.25) is 0 Å². The van der Waals surface area contributed by atoms with E-state index in [1.807, 2.05) is 25.1 Å². The summed E-state index contributed by atoms with van der Waals surface area (Å²) in [4.78, 5) is 0. The fourth-order valence-electron chi connectivity index (χ4n) is 2.09. The van der Waals surface area contributed by atoms with E-state index in [2.05, 4.69) is 12.2 Å². The van der Waals surface area contributed by atoms with Crippen LogP contribution in [0, 0.1) is 6.92 Å². The average molecular weight is 318 g/mol. The summed E-state index contributed by atoms with van der Waals surface area (Å²) in [7, 11) is -3.08. The molecule has 1 aromatic rings. The molecule has 0 bridgehead atoms. The summed E-state index contributed by atoms with van der Waals surface area (Å²) >= 11 is 6.25. The monoisotopic (exact) mass is 317 g/mol. The number of hydrogen-bond donors (Lipinski definition) is 1. The summed E-state index contributed by atoms with van der Waals surface area (Å²) in [6, 6.07) is 5.78. The lowest BCUT2D eigenvalue weighted by Crippen LogP contribution is -2.44. The Bertz CT molecular complexity index is 543. The molecule has 0 amide bonds. The lowest BCUT2D eigenvalue weighted by molar-refractivity contribution is 0.482. The molecule has 5 heteroatoms. The van der Waals surface area contributed by atoms with Gasteiger partial charge in [-0.1, -0.05) is 30.7 Å². The summed E-state index contributed by atoms with van der Waals surface area (Å²) in [6.45, 7) is 6.61. The van der Waals surface area contributed by atoms with Gasteiger partial charge in [-0.2, -0.15) is 0 Å². The summed E-state index contributed by atoms with van der Waals surface area (Å²) in [6.07, 6.45) is 2.87. The molecule has 114 valence electrons. The molecule has 20 heavy (non-hydrogen) atoms. The maximum Gasteiger partial charge on any atom is 0.151 e. The van der Waals surface area contributed by atoms with Gasteiger partial charge in [0.25, 0.3) is 0 Å². The minimum atomic E-state index is -3.08. The van der Waals surface area contributed by atoms with Crippen LogP contribution in [0.4, 0.5) is 0 Å². The zero-order valence-electron chi connectivity index (χ0n) is 12.6. The lowest BCUT2D eigenvalue weighted by atomic mass is 10.0. The zero-order chi connectivity index (χ0) is 15.3. The Kier molecular flexibility index (Phi) is 6.49. The van der Waals surface area contributed by atoms with Crippen LogP contribution in [0.2, 0.25) is 5.02 Å². The molecule has 0 aliphatic carbocycles. The molecule has 0 radical (unpaired) electrons. The smallest absolute Gasteiger partial charge is 0.151 e. The second kappa shape index (κ2) is 7.43. The number of halogens is 1. The predicted octanol–water partition coefficient (Wildman–Crippen LogP) is 2.99. The van der Waals surface area contributed by atoms with Gasteiger partial charge in [0.15, 0.2) is 9.84 Å². The Morgan fingerprint density at radius 2 is 2.00 bits per heavy atom. The topological polar surface area (TPSA) is 46.2 Å². The van der Waals surface area contributed by atoms with E-state index in [1.54, 1.807) is 6.92 Å². The van der Waals surface area contributed by atoms with Crippen molar-refractivity contribution in [1.82, 2.24) is 5.32 Å². The molecule has 0 aliphatic heterocycles. The van der Waals surface area contributed by atoms with Crippen LogP contribution in [-0.4, -0.2) is 32.5 Å². The molecule has 0 saturated heterocycles. The molecule has 0 fully saturated rings. The fourth-order valence-corrected chi connectivity index (χ4v) is 3.19. The number of hydrogen-bond acceptors (Lipinski definition) is 3. The highest BCUT2D eigenvalue weighted by Gasteiger charge is 2.26. The first-order chi connectivity index (χ1) is 9.25. The van der Waals surface area contributed by atoms with Gasteiger partial charge < -0.3 is 5.32 Å².